The molecule has 1 aliphatic heterocycles. The highest BCUT2D eigenvalue weighted by Gasteiger charge is 2.62. The number of carbonyl (C=O) groups excluding carboxylic acids is 1. The summed E-state index contributed by atoms with van der Waals surface area (Å²) in [6.07, 6.45) is 1.85. The summed E-state index contributed by atoms with van der Waals surface area (Å²) in [4.78, 5) is 24.3. The summed E-state index contributed by atoms with van der Waals surface area (Å²) in [6.45, 7) is 14.1. The SMILES string of the molecule is C=C/C(=N\C(=C)N)OSNC(=O)c1ccc(-n2ccc(OCCC3(C(F)(F)F)CC3)n2)nc1N1CC(CC)CCC1(C)C. The van der Waals surface area contributed by atoms with E-state index < -0.39 is 17.5 Å². The second kappa shape index (κ2) is 12.9. The summed E-state index contributed by atoms with van der Waals surface area (Å²) < 4.78 is 54.8. The molecule has 0 spiro atoms. The molecular formula is C29H38F3N7O3S. The van der Waals surface area contributed by atoms with Crippen molar-refractivity contribution in [2.75, 3.05) is 18.1 Å². The molecule has 2 aliphatic rings. The summed E-state index contributed by atoms with van der Waals surface area (Å²) in [5, 5.41) is 4.38. The molecule has 0 aromatic carbocycles. The fourth-order valence-electron chi connectivity index (χ4n) is 5.03. The van der Waals surface area contributed by atoms with Crippen LogP contribution in [0.1, 0.15) is 69.7 Å². The molecule has 1 saturated heterocycles. The van der Waals surface area contributed by atoms with Crippen LogP contribution in [-0.2, 0) is 4.18 Å². The van der Waals surface area contributed by atoms with Gasteiger partial charge in [-0.15, -0.1) is 5.10 Å². The van der Waals surface area contributed by atoms with E-state index in [4.69, 9.17) is 19.6 Å². The average Bonchev–Trinajstić information content (AvgIpc) is 3.61. The highest BCUT2D eigenvalue weighted by atomic mass is 32.2. The number of amides is 1. The molecule has 14 heteroatoms. The van der Waals surface area contributed by atoms with E-state index in [-0.39, 0.29) is 49.0 Å². The monoisotopic (exact) mass is 621 g/mol. The van der Waals surface area contributed by atoms with Crippen molar-refractivity contribution < 1.29 is 26.9 Å². The summed E-state index contributed by atoms with van der Waals surface area (Å²) in [5.41, 5.74) is 3.90. The molecular weight excluding hydrogens is 583 g/mol. The Labute approximate surface area is 253 Å². The molecule has 1 atom stereocenters. The smallest absolute Gasteiger partial charge is 0.394 e. The van der Waals surface area contributed by atoms with Gasteiger partial charge in [0.2, 0.25) is 11.8 Å². The first-order valence-corrected chi connectivity index (χ1v) is 14.9. The molecule has 2 aromatic heterocycles. The minimum absolute atomic E-state index is 0.0297. The van der Waals surface area contributed by atoms with E-state index in [1.165, 1.54) is 10.8 Å². The van der Waals surface area contributed by atoms with E-state index in [0.717, 1.165) is 19.3 Å². The molecule has 43 heavy (non-hydrogen) atoms. The van der Waals surface area contributed by atoms with Crippen molar-refractivity contribution in [3.05, 3.63) is 55.0 Å². The van der Waals surface area contributed by atoms with Gasteiger partial charge in [0.25, 0.3) is 5.91 Å². The van der Waals surface area contributed by atoms with Crippen LogP contribution in [0.5, 0.6) is 5.88 Å². The van der Waals surface area contributed by atoms with Gasteiger partial charge in [-0.2, -0.15) is 18.2 Å². The number of hydrogen-bond donors (Lipinski definition) is 2. The van der Waals surface area contributed by atoms with Crippen molar-refractivity contribution in [1.82, 2.24) is 19.5 Å². The molecule has 1 aliphatic carbocycles. The Bertz CT molecular complexity index is 1370. The Morgan fingerprint density at radius 3 is 2.67 bits per heavy atom. The number of aromatic nitrogens is 3. The average molecular weight is 622 g/mol. The lowest BCUT2D eigenvalue weighted by Gasteiger charge is -2.47. The quantitative estimate of drug-likeness (QED) is 0.126. The highest BCUT2D eigenvalue weighted by Crippen LogP contribution is 2.59. The number of rotatable bonds is 12. The van der Waals surface area contributed by atoms with Crippen LogP contribution in [0.15, 0.2) is 54.4 Å². The van der Waals surface area contributed by atoms with Crippen molar-refractivity contribution in [3.8, 4) is 11.7 Å². The largest absolute Gasteiger partial charge is 0.477 e. The number of nitrogens with one attached hydrogen (secondary N) is 1. The molecule has 1 amide bonds. The predicted molar refractivity (Wildman–Crippen MR) is 161 cm³/mol. The maximum absolute atomic E-state index is 13.4. The number of ether oxygens (including phenoxy) is 1. The van der Waals surface area contributed by atoms with E-state index in [9.17, 15) is 18.0 Å². The van der Waals surface area contributed by atoms with Crippen LogP contribution in [-0.4, -0.2) is 51.4 Å². The van der Waals surface area contributed by atoms with Crippen molar-refractivity contribution in [2.24, 2.45) is 22.1 Å². The zero-order valence-corrected chi connectivity index (χ0v) is 25.4. The number of carbonyl (C=O) groups is 1. The van der Waals surface area contributed by atoms with E-state index in [1.54, 1.807) is 24.4 Å². The number of piperidine rings is 1. The first-order valence-electron chi connectivity index (χ1n) is 14.1. The van der Waals surface area contributed by atoms with Gasteiger partial charge < -0.3 is 19.6 Å². The number of nitrogens with two attached hydrogens (primary N) is 1. The topological polar surface area (TPSA) is 120 Å². The third kappa shape index (κ3) is 7.64. The van der Waals surface area contributed by atoms with Crippen LogP contribution in [0.25, 0.3) is 5.82 Å². The van der Waals surface area contributed by atoms with Gasteiger partial charge >= 0.3 is 6.18 Å². The second-order valence-electron chi connectivity index (χ2n) is 11.5. The first kappa shape index (κ1) is 32.2. The molecule has 3 N–H and O–H groups in total. The highest BCUT2D eigenvalue weighted by molar-refractivity contribution is 7.93. The van der Waals surface area contributed by atoms with Crippen LogP contribution in [0, 0.1) is 11.3 Å². The van der Waals surface area contributed by atoms with Gasteiger partial charge in [-0.25, -0.2) is 9.67 Å². The Kier molecular flexibility index (Phi) is 9.67. The van der Waals surface area contributed by atoms with Crippen LogP contribution in [0.4, 0.5) is 19.0 Å². The zero-order valence-electron chi connectivity index (χ0n) is 24.6. The number of pyridine rings is 1. The normalized spacial score (nSPS) is 19.4. The number of aliphatic imine (C=N–C) groups is 1. The number of hydrogen-bond acceptors (Lipinski definition) is 9. The molecule has 0 radical (unpaired) electrons. The molecule has 2 aromatic rings. The molecule has 234 valence electrons. The van der Waals surface area contributed by atoms with Gasteiger partial charge in [0.1, 0.15) is 11.6 Å². The van der Waals surface area contributed by atoms with Gasteiger partial charge in [-0.05, 0) is 70.1 Å². The summed E-state index contributed by atoms with van der Waals surface area (Å²) in [5.74, 6) is 1.20. The van der Waals surface area contributed by atoms with Crippen molar-refractivity contribution >= 4 is 29.9 Å². The molecule has 1 saturated carbocycles. The van der Waals surface area contributed by atoms with E-state index in [2.05, 4.69) is 53.6 Å². The number of halogens is 3. The molecule has 3 heterocycles. The van der Waals surface area contributed by atoms with E-state index in [0.29, 0.717) is 41.9 Å². The fourth-order valence-corrected chi connectivity index (χ4v) is 5.45. The minimum Gasteiger partial charge on any atom is -0.477 e. The van der Waals surface area contributed by atoms with Crippen LogP contribution >= 0.6 is 12.2 Å². The van der Waals surface area contributed by atoms with Crippen LogP contribution in [0.3, 0.4) is 0 Å². The van der Waals surface area contributed by atoms with Gasteiger partial charge in [-0.1, -0.05) is 26.5 Å². The molecule has 2 fully saturated rings. The van der Waals surface area contributed by atoms with E-state index >= 15 is 0 Å². The first-order chi connectivity index (χ1) is 20.3. The number of nitrogens with zero attached hydrogens (tertiary/aromatic N) is 5. The van der Waals surface area contributed by atoms with Gasteiger partial charge in [0.05, 0.1) is 17.6 Å². The third-order valence-corrected chi connectivity index (χ3v) is 8.57. The van der Waals surface area contributed by atoms with Crippen molar-refractivity contribution in [3.63, 3.8) is 0 Å². The van der Waals surface area contributed by atoms with Crippen LogP contribution in [0.2, 0.25) is 0 Å². The van der Waals surface area contributed by atoms with E-state index in [1.807, 2.05) is 0 Å². The predicted octanol–water partition coefficient (Wildman–Crippen LogP) is 6.11. The molecule has 1 unspecified atom stereocenters. The minimum atomic E-state index is -4.23. The molecule has 10 nitrogen and oxygen atoms in total. The van der Waals surface area contributed by atoms with Crippen molar-refractivity contribution in [1.29, 1.82) is 0 Å². The zero-order chi connectivity index (χ0) is 31.4. The van der Waals surface area contributed by atoms with Gasteiger partial charge in [-0.3, -0.25) is 9.52 Å². The number of alkyl halides is 3. The Balaban J connectivity index is 1.56. The second-order valence-corrected chi connectivity index (χ2v) is 12.0. The molecule has 0 bridgehead atoms. The Hall–Kier alpha value is -3.68. The summed E-state index contributed by atoms with van der Waals surface area (Å²) in [6, 6.07) is 4.88. The lowest BCUT2D eigenvalue weighted by molar-refractivity contribution is -0.190. The lowest BCUT2D eigenvalue weighted by atomic mass is 9.83. The maximum Gasteiger partial charge on any atom is 0.394 e. The van der Waals surface area contributed by atoms with Gasteiger partial charge in [0, 0.05) is 24.3 Å². The van der Waals surface area contributed by atoms with Crippen LogP contribution < -0.4 is 20.1 Å². The Morgan fingerprint density at radius 1 is 1.30 bits per heavy atom. The summed E-state index contributed by atoms with van der Waals surface area (Å²) >= 11 is 0.661. The van der Waals surface area contributed by atoms with Gasteiger partial charge in [0.15, 0.2) is 18.0 Å². The fraction of sp³-hybridized carbons (Fsp3) is 0.517. The summed E-state index contributed by atoms with van der Waals surface area (Å²) in [7, 11) is 0. The Morgan fingerprint density at radius 2 is 2.05 bits per heavy atom. The lowest BCUT2D eigenvalue weighted by Crippen LogP contribution is -2.51. The third-order valence-electron chi connectivity index (χ3n) is 8.05. The molecule has 4 rings (SSSR count). The maximum atomic E-state index is 13.4. The standard InChI is InChI=1S/C29H38F3N7O3S/c1-6-20-10-12-27(4,5)38(18-20)25-21(26(40)37-43-42-23(7-2)34-19(3)33)8-9-22(35-25)39-16-11-24(36-39)41-17-15-28(13-14-28)29(30,31)32/h7-9,11,16,20H,2-3,6,10,12-15,17-18,33H2,1,4-5H3,(H,37,40)/b34-23+. The number of anilines is 1. The van der Waals surface area contributed by atoms with Crippen molar-refractivity contribution in [2.45, 2.75) is 71.0 Å².